The van der Waals surface area contributed by atoms with E-state index < -0.39 is 37.3 Å². The highest BCUT2D eigenvalue weighted by molar-refractivity contribution is 7.99. The molecule has 2 heterocycles. The molecule has 6 N–H and O–H groups in total. The average Bonchev–Trinajstić information content (AvgIpc) is 3.13. The number of aliphatic hydroxyl groups is 4. The lowest BCUT2D eigenvalue weighted by Gasteiger charge is -2.40. The molecule has 1 aliphatic rings. The predicted molar refractivity (Wildman–Crippen MR) is 119 cm³/mol. The van der Waals surface area contributed by atoms with Crippen molar-refractivity contribution in [2.45, 2.75) is 53.8 Å². The van der Waals surface area contributed by atoms with Gasteiger partial charge in [0.15, 0.2) is 6.23 Å². The second kappa shape index (κ2) is 9.30. The van der Waals surface area contributed by atoms with Crippen LogP contribution in [0.25, 0.3) is 10.9 Å². The van der Waals surface area contributed by atoms with Gasteiger partial charge in [-0.2, -0.15) is 0 Å². The molecule has 0 amide bonds. The zero-order chi connectivity index (χ0) is 22.1. The van der Waals surface area contributed by atoms with Gasteiger partial charge in [-0.15, -0.1) is 0 Å². The molecule has 0 unspecified atom stereocenters. The Kier molecular flexibility index (Phi) is 6.68. The summed E-state index contributed by atoms with van der Waals surface area (Å²) in [5.41, 5.74) is 8.73. The van der Waals surface area contributed by atoms with Gasteiger partial charge in [-0.1, -0.05) is 36.0 Å². The van der Waals surface area contributed by atoms with Gasteiger partial charge in [0.2, 0.25) is 0 Å². The summed E-state index contributed by atoms with van der Waals surface area (Å²) < 4.78 is 7.58. The number of aliphatic hydroxyl groups excluding tert-OH is 4. The summed E-state index contributed by atoms with van der Waals surface area (Å²) in [7, 11) is 0. The standard InChI is InChI=1S/C23H28N2O5S/c1-13-3-2-4-16-19(13)18(31-15-7-5-14(6-8-15)9-10-24)11-25(16)23-22(29)21(28)20(27)17(12-26)30-23/h2-8,11,17,20-23,26-29H,9-10,12,24H2,1H3/t17-,20-,21+,22-,23-/m1/s1. The number of nitrogens with two attached hydrogens (primary N) is 1. The molecular weight excluding hydrogens is 416 g/mol. The van der Waals surface area contributed by atoms with Crippen LogP contribution in [0.15, 0.2) is 58.5 Å². The Morgan fingerprint density at radius 2 is 1.77 bits per heavy atom. The van der Waals surface area contributed by atoms with Crippen molar-refractivity contribution in [3.05, 3.63) is 59.8 Å². The Labute approximate surface area is 185 Å². The van der Waals surface area contributed by atoms with Crippen LogP contribution in [0.3, 0.4) is 0 Å². The van der Waals surface area contributed by atoms with E-state index in [0.29, 0.717) is 6.54 Å². The van der Waals surface area contributed by atoms with Gasteiger partial charge < -0.3 is 35.5 Å². The number of fused-ring (bicyclic) bond motifs is 1. The van der Waals surface area contributed by atoms with Crippen LogP contribution < -0.4 is 5.73 Å². The third kappa shape index (κ3) is 4.25. The van der Waals surface area contributed by atoms with Crippen LogP contribution in [0.5, 0.6) is 0 Å². The van der Waals surface area contributed by atoms with Crippen molar-refractivity contribution in [3.8, 4) is 0 Å². The lowest BCUT2D eigenvalue weighted by Crippen LogP contribution is -2.56. The molecule has 8 heteroatoms. The molecule has 7 nitrogen and oxygen atoms in total. The zero-order valence-corrected chi connectivity index (χ0v) is 18.1. The van der Waals surface area contributed by atoms with E-state index in [0.717, 1.165) is 32.7 Å². The number of hydrogen-bond acceptors (Lipinski definition) is 7. The fraction of sp³-hybridized carbons (Fsp3) is 0.391. The number of hydrogen-bond donors (Lipinski definition) is 5. The first-order valence-electron chi connectivity index (χ1n) is 10.3. The van der Waals surface area contributed by atoms with Gasteiger partial charge in [0.05, 0.1) is 12.1 Å². The molecule has 1 fully saturated rings. The number of aromatic nitrogens is 1. The van der Waals surface area contributed by atoms with E-state index in [1.807, 2.05) is 31.3 Å². The lowest BCUT2D eigenvalue weighted by atomic mass is 9.98. The Morgan fingerprint density at radius 1 is 1.03 bits per heavy atom. The van der Waals surface area contributed by atoms with Crippen molar-refractivity contribution in [2.24, 2.45) is 5.73 Å². The largest absolute Gasteiger partial charge is 0.394 e. The van der Waals surface area contributed by atoms with Crippen LogP contribution in [0.2, 0.25) is 0 Å². The molecular formula is C23H28N2O5S. The second-order valence-electron chi connectivity index (χ2n) is 7.87. The molecule has 0 radical (unpaired) electrons. The SMILES string of the molecule is Cc1cccc2c1c(Sc1ccc(CCN)cc1)cn2[C@@H]1O[C@H](CO)[C@@H](O)[C@H](O)[C@H]1O. The topological polar surface area (TPSA) is 121 Å². The van der Waals surface area contributed by atoms with Gasteiger partial charge in [-0.05, 0) is 49.2 Å². The predicted octanol–water partition coefficient (Wildman–Crippen LogP) is 1.57. The van der Waals surface area contributed by atoms with Crippen molar-refractivity contribution in [1.29, 1.82) is 0 Å². The molecule has 0 aliphatic carbocycles. The van der Waals surface area contributed by atoms with Crippen molar-refractivity contribution in [1.82, 2.24) is 4.57 Å². The van der Waals surface area contributed by atoms with Crippen LogP contribution in [0.4, 0.5) is 0 Å². The molecule has 0 bridgehead atoms. The maximum absolute atomic E-state index is 10.6. The Hall–Kier alpha value is -1.91. The first-order valence-corrected chi connectivity index (χ1v) is 11.1. The molecule has 1 aliphatic heterocycles. The van der Waals surface area contributed by atoms with Gasteiger partial charge >= 0.3 is 0 Å². The molecule has 166 valence electrons. The molecule has 1 saturated heterocycles. The molecule has 4 rings (SSSR count). The molecule has 3 aromatic rings. The normalized spacial score (nSPS) is 26.5. The summed E-state index contributed by atoms with van der Waals surface area (Å²) in [6, 6.07) is 14.1. The minimum absolute atomic E-state index is 0.462. The van der Waals surface area contributed by atoms with E-state index >= 15 is 0 Å². The van der Waals surface area contributed by atoms with Gasteiger partial charge in [0.1, 0.15) is 24.4 Å². The van der Waals surface area contributed by atoms with Crippen LogP contribution >= 0.6 is 11.8 Å². The number of ether oxygens (including phenoxy) is 1. The van der Waals surface area contributed by atoms with E-state index in [4.69, 9.17) is 10.5 Å². The van der Waals surface area contributed by atoms with Gasteiger partial charge in [-0.3, -0.25) is 0 Å². The van der Waals surface area contributed by atoms with E-state index in [1.165, 1.54) is 5.56 Å². The molecule has 0 saturated carbocycles. The van der Waals surface area contributed by atoms with Gasteiger partial charge in [-0.25, -0.2) is 0 Å². The summed E-state index contributed by atoms with van der Waals surface area (Å²) >= 11 is 1.60. The summed E-state index contributed by atoms with van der Waals surface area (Å²) in [5, 5.41) is 41.6. The van der Waals surface area contributed by atoms with Crippen molar-refractivity contribution < 1.29 is 25.2 Å². The monoisotopic (exact) mass is 444 g/mol. The number of rotatable bonds is 6. The summed E-state index contributed by atoms with van der Waals surface area (Å²) in [5.74, 6) is 0. The van der Waals surface area contributed by atoms with E-state index in [-0.39, 0.29) is 0 Å². The maximum atomic E-state index is 10.6. The minimum atomic E-state index is -1.43. The number of aryl methyl sites for hydroxylation is 1. The van der Waals surface area contributed by atoms with Crippen LogP contribution in [0, 0.1) is 6.92 Å². The van der Waals surface area contributed by atoms with Gasteiger partial charge in [0, 0.05) is 21.4 Å². The molecule has 0 spiro atoms. The third-order valence-electron chi connectivity index (χ3n) is 5.76. The highest BCUT2D eigenvalue weighted by Crippen LogP contribution is 2.40. The first kappa shape index (κ1) is 22.3. The van der Waals surface area contributed by atoms with E-state index in [2.05, 4.69) is 24.3 Å². The summed E-state index contributed by atoms with van der Waals surface area (Å²) in [4.78, 5) is 2.05. The van der Waals surface area contributed by atoms with Crippen molar-refractivity contribution >= 4 is 22.7 Å². The van der Waals surface area contributed by atoms with Gasteiger partial charge in [0.25, 0.3) is 0 Å². The highest BCUT2D eigenvalue weighted by atomic mass is 32.2. The fourth-order valence-electron chi connectivity index (χ4n) is 4.07. The highest BCUT2D eigenvalue weighted by Gasteiger charge is 2.44. The molecule has 31 heavy (non-hydrogen) atoms. The van der Waals surface area contributed by atoms with Crippen LogP contribution in [-0.4, -0.2) is 62.6 Å². The lowest BCUT2D eigenvalue weighted by molar-refractivity contribution is -0.250. The molecule has 1 aromatic heterocycles. The zero-order valence-electron chi connectivity index (χ0n) is 17.3. The quantitative estimate of drug-likeness (QED) is 0.391. The summed E-state index contributed by atoms with van der Waals surface area (Å²) in [6.45, 7) is 2.17. The summed E-state index contributed by atoms with van der Waals surface area (Å²) in [6.07, 6.45) is -3.34. The minimum Gasteiger partial charge on any atom is -0.394 e. The van der Waals surface area contributed by atoms with Crippen LogP contribution in [-0.2, 0) is 11.2 Å². The fourth-order valence-corrected chi connectivity index (χ4v) is 5.13. The Bertz CT molecular complexity index is 1040. The van der Waals surface area contributed by atoms with Crippen LogP contribution in [0.1, 0.15) is 17.4 Å². The Balaban J connectivity index is 1.73. The van der Waals surface area contributed by atoms with E-state index in [1.54, 1.807) is 16.3 Å². The van der Waals surface area contributed by atoms with Crippen molar-refractivity contribution in [2.75, 3.05) is 13.2 Å². The Morgan fingerprint density at radius 3 is 2.45 bits per heavy atom. The average molecular weight is 445 g/mol. The third-order valence-corrected chi connectivity index (χ3v) is 6.79. The van der Waals surface area contributed by atoms with Crippen molar-refractivity contribution in [3.63, 3.8) is 0 Å². The molecule has 5 atom stereocenters. The second-order valence-corrected chi connectivity index (χ2v) is 8.99. The van der Waals surface area contributed by atoms with E-state index in [9.17, 15) is 20.4 Å². The number of benzene rings is 2. The number of nitrogens with zero attached hydrogens (tertiary/aromatic N) is 1. The molecule has 2 aromatic carbocycles. The maximum Gasteiger partial charge on any atom is 0.163 e. The first-order chi connectivity index (χ1) is 14.9. The smallest absolute Gasteiger partial charge is 0.163 e.